The van der Waals surface area contributed by atoms with E-state index in [1.807, 2.05) is 29.8 Å². The lowest BCUT2D eigenvalue weighted by atomic mass is 9.94. The van der Waals surface area contributed by atoms with E-state index in [-0.39, 0.29) is 16.4 Å². The average molecular weight is 390 g/mol. The number of hydrazone groups is 1. The van der Waals surface area contributed by atoms with Crippen LogP contribution in [0.3, 0.4) is 0 Å². The number of imidazole rings is 2. The van der Waals surface area contributed by atoms with Gasteiger partial charge in [-0.05, 0) is 43.7 Å². The number of carbonyl (C=O) groups is 1. The smallest absolute Gasteiger partial charge is 0.299 e. The van der Waals surface area contributed by atoms with Crippen LogP contribution in [-0.2, 0) is 0 Å². The topological polar surface area (TPSA) is 88.0 Å². The number of fused-ring (bicyclic) bond motifs is 1. The highest BCUT2D eigenvalue weighted by atomic mass is 32.2. The molecule has 28 heavy (non-hydrogen) atoms. The van der Waals surface area contributed by atoms with Gasteiger partial charge in [-0.2, -0.15) is 5.10 Å². The molecule has 1 aromatic carbocycles. The highest BCUT2D eigenvalue weighted by molar-refractivity contribution is 8.14. The Morgan fingerprint density at radius 2 is 2.11 bits per heavy atom. The number of hydrogen-bond donors (Lipinski definition) is 2. The molecule has 0 saturated carbocycles. The predicted octanol–water partition coefficient (Wildman–Crippen LogP) is 2.04. The lowest BCUT2D eigenvalue weighted by Crippen LogP contribution is -2.37. The van der Waals surface area contributed by atoms with Crippen LogP contribution in [0.5, 0.6) is 0 Å². The van der Waals surface area contributed by atoms with Crippen molar-refractivity contribution in [3.8, 4) is 17.1 Å². The molecule has 7 nitrogen and oxygen atoms in total. The SMILES string of the molecule is CC1SC(=O)NN=C1C1C=c2[nH]c(-c3ccc(-n4ccnc4)cc3)nc2=CC1. The fourth-order valence-electron chi connectivity index (χ4n) is 3.57. The van der Waals surface area contributed by atoms with Crippen molar-refractivity contribution in [1.82, 2.24) is 24.9 Å². The number of rotatable bonds is 3. The molecule has 140 valence electrons. The number of amides is 1. The quantitative estimate of drug-likeness (QED) is 0.716. The van der Waals surface area contributed by atoms with Crippen LogP contribution in [0, 0.1) is 5.92 Å². The first-order valence-electron chi connectivity index (χ1n) is 9.08. The molecule has 2 aromatic heterocycles. The van der Waals surface area contributed by atoms with Gasteiger partial charge in [0.15, 0.2) is 0 Å². The zero-order valence-electron chi connectivity index (χ0n) is 15.2. The largest absolute Gasteiger partial charge is 0.338 e. The third kappa shape index (κ3) is 3.05. The van der Waals surface area contributed by atoms with E-state index in [1.54, 1.807) is 12.5 Å². The minimum Gasteiger partial charge on any atom is -0.338 e. The van der Waals surface area contributed by atoms with Gasteiger partial charge in [-0.3, -0.25) is 4.79 Å². The summed E-state index contributed by atoms with van der Waals surface area (Å²) in [5.74, 6) is 1.00. The molecule has 2 aliphatic rings. The number of benzene rings is 1. The summed E-state index contributed by atoms with van der Waals surface area (Å²) in [6.45, 7) is 2.02. The minimum atomic E-state index is -0.0975. The standard InChI is InChI=1S/C20H18N6OS/c1-12-18(24-25-20(27)28-12)14-4-7-16-17(10-14)23-19(22-16)13-2-5-15(6-3-13)26-9-8-21-11-26/h2-3,5-12,14H,4H2,1H3,(H,22,23)(H,25,27). The summed E-state index contributed by atoms with van der Waals surface area (Å²) in [7, 11) is 0. The Kier molecular flexibility index (Phi) is 4.12. The molecule has 8 heteroatoms. The second kappa shape index (κ2) is 6.79. The zero-order chi connectivity index (χ0) is 19.1. The zero-order valence-corrected chi connectivity index (χ0v) is 16.0. The molecule has 0 bridgehead atoms. The molecule has 0 radical (unpaired) electrons. The van der Waals surface area contributed by atoms with E-state index in [4.69, 9.17) is 4.98 Å². The summed E-state index contributed by atoms with van der Waals surface area (Å²) in [4.78, 5) is 23.7. The van der Waals surface area contributed by atoms with E-state index >= 15 is 0 Å². The van der Waals surface area contributed by atoms with Crippen LogP contribution in [0.25, 0.3) is 29.2 Å². The van der Waals surface area contributed by atoms with Gasteiger partial charge in [0.05, 0.1) is 28.0 Å². The van der Waals surface area contributed by atoms with Crippen LogP contribution in [0.4, 0.5) is 4.79 Å². The normalized spacial score (nSPS) is 21.2. The maximum absolute atomic E-state index is 11.5. The molecule has 3 heterocycles. The van der Waals surface area contributed by atoms with Crippen molar-refractivity contribution in [2.75, 3.05) is 0 Å². The first-order valence-corrected chi connectivity index (χ1v) is 9.96. The molecule has 3 aromatic rings. The molecule has 1 aliphatic heterocycles. The van der Waals surface area contributed by atoms with E-state index in [0.29, 0.717) is 0 Å². The maximum Gasteiger partial charge on any atom is 0.299 e. The molecule has 1 aliphatic carbocycles. The summed E-state index contributed by atoms with van der Waals surface area (Å²) in [5.41, 5.74) is 5.66. The van der Waals surface area contributed by atoms with Gasteiger partial charge in [-0.1, -0.05) is 17.8 Å². The number of carbonyl (C=O) groups excluding carboxylic acids is 1. The van der Waals surface area contributed by atoms with Crippen molar-refractivity contribution in [3.05, 3.63) is 53.7 Å². The van der Waals surface area contributed by atoms with Gasteiger partial charge >= 0.3 is 0 Å². The highest BCUT2D eigenvalue weighted by Gasteiger charge is 2.27. The second-order valence-corrected chi connectivity index (χ2v) is 8.12. The number of hydrogen-bond acceptors (Lipinski definition) is 5. The van der Waals surface area contributed by atoms with Crippen molar-refractivity contribution in [1.29, 1.82) is 0 Å². The monoisotopic (exact) mass is 390 g/mol. The van der Waals surface area contributed by atoms with Crippen molar-refractivity contribution in [3.63, 3.8) is 0 Å². The molecule has 0 fully saturated rings. The van der Waals surface area contributed by atoms with Crippen molar-refractivity contribution in [2.24, 2.45) is 11.0 Å². The van der Waals surface area contributed by atoms with Crippen molar-refractivity contribution < 1.29 is 4.79 Å². The summed E-state index contributed by atoms with van der Waals surface area (Å²) in [5, 5.41) is 6.23. The Labute approximate surface area is 165 Å². The van der Waals surface area contributed by atoms with Crippen LogP contribution in [0.15, 0.2) is 48.1 Å². The molecule has 2 N–H and O–H groups in total. The van der Waals surface area contributed by atoms with E-state index in [9.17, 15) is 4.79 Å². The highest BCUT2D eigenvalue weighted by Crippen LogP contribution is 2.24. The van der Waals surface area contributed by atoms with E-state index in [0.717, 1.165) is 39.9 Å². The molecule has 1 amide bonds. The van der Waals surface area contributed by atoms with E-state index in [1.165, 1.54) is 11.8 Å². The van der Waals surface area contributed by atoms with Gasteiger partial charge in [0, 0.05) is 29.6 Å². The minimum absolute atomic E-state index is 0.0723. The summed E-state index contributed by atoms with van der Waals surface area (Å²) in [6.07, 6.45) is 10.6. The van der Waals surface area contributed by atoms with Gasteiger partial charge < -0.3 is 9.55 Å². The average Bonchev–Trinajstić information content (AvgIpc) is 3.37. The Morgan fingerprint density at radius 3 is 2.86 bits per heavy atom. The van der Waals surface area contributed by atoms with Crippen molar-refractivity contribution >= 4 is 34.9 Å². The van der Waals surface area contributed by atoms with Gasteiger partial charge in [0.2, 0.25) is 0 Å². The lowest BCUT2D eigenvalue weighted by molar-refractivity contribution is 0.260. The van der Waals surface area contributed by atoms with Crippen LogP contribution in [0.1, 0.15) is 13.3 Å². The summed E-state index contributed by atoms with van der Waals surface area (Å²) < 4.78 is 1.96. The Hall–Kier alpha value is -3.13. The van der Waals surface area contributed by atoms with Crippen LogP contribution >= 0.6 is 11.8 Å². The molecule has 2 unspecified atom stereocenters. The molecule has 0 saturated heterocycles. The molecule has 5 rings (SSSR count). The third-order valence-electron chi connectivity index (χ3n) is 4.99. The van der Waals surface area contributed by atoms with Gasteiger partial charge in [0.1, 0.15) is 5.82 Å². The number of aromatic amines is 1. The first kappa shape index (κ1) is 17.0. The fourth-order valence-corrected chi connectivity index (χ4v) is 4.34. The Balaban J connectivity index is 1.45. The Bertz CT molecular complexity index is 1180. The molecule has 0 spiro atoms. The van der Waals surface area contributed by atoms with Gasteiger partial charge in [0.25, 0.3) is 5.24 Å². The number of aromatic nitrogens is 4. The molecular formula is C20H18N6OS. The van der Waals surface area contributed by atoms with Crippen LogP contribution in [0.2, 0.25) is 0 Å². The van der Waals surface area contributed by atoms with Crippen LogP contribution in [-0.4, -0.2) is 35.7 Å². The number of thioether (sulfide) groups is 1. The number of nitrogens with zero attached hydrogens (tertiary/aromatic N) is 4. The van der Waals surface area contributed by atoms with E-state index < -0.39 is 0 Å². The molecule has 2 atom stereocenters. The lowest BCUT2D eigenvalue weighted by Gasteiger charge is -2.23. The number of nitrogens with one attached hydrogen (secondary N) is 2. The number of H-pyrrole nitrogens is 1. The van der Waals surface area contributed by atoms with E-state index in [2.05, 4.69) is 44.8 Å². The predicted molar refractivity (Wildman–Crippen MR) is 110 cm³/mol. The second-order valence-electron chi connectivity index (χ2n) is 6.81. The molecular weight excluding hydrogens is 372 g/mol. The van der Waals surface area contributed by atoms with Crippen LogP contribution < -0.4 is 16.1 Å². The van der Waals surface area contributed by atoms with Crippen molar-refractivity contribution in [2.45, 2.75) is 18.6 Å². The third-order valence-corrected chi connectivity index (χ3v) is 5.89. The van der Waals surface area contributed by atoms with Gasteiger partial charge in [-0.25, -0.2) is 15.4 Å². The first-order chi connectivity index (χ1) is 13.7. The Morgan fingerprint density at radius 1 is 1.25 bits per heavy atom. The maximum atomic E-state index is 11.5. The fraction of sp³-hybridized carbons (Fsp3) is 0.200. The summed E-state index contributed by atoms with van der Waals surface area (Å²) in [6, 6.07) is 8.20. The summed E-state index contributed by atoms with van der Waals surface area (Å²) >= 11 is 1.28. The van der Waals surface area contributed by atoms with Gasteiger partial charge in [-0.15, -0.1) is 0 Å².